The third kappa shape index (κ3) is 3.11. The summed E-state index contributed by atoms with van der Waals surface area (Å²) in [6.45, 7) is 0.197. The van der Waals surface area contributed by atoms with Crippen molar-refractivity contribution in [2.24, 2.45) is 0 Å². The third-order valence-electron chi connectivity index (χ3n) is 7.49. The molecular weight excluding hydrogens is 466 g/mol. The summed E-state index contributed by atoms with van der Waals surface area (Å²) in [5.41, 5.74) is 4.29. The van der Waals surface area contributed by atoms with E-state index >= 15 is 0 Å². The first kappa shape index (κ1) is 20.0. The summed E-state index contributed by atoms with van der Waals surface area (Å²) in [6, 6.07) is 15.8. The van der Waals surface area contributed by atoms with Gasteiger partial charge in [-0.2, -0.15) is 0 Å². The average molecular weight is 492 g/mol. The number of aromatic nitrogens is 1. The molecule has 2 fully saturated rings. The van der Waals surface area contributed by atoms with Gasteiger partial charge in [-0.25, -0.2) is 0 Å². The summed E-state index contributed by atoms with van der Waals surface area (Å²) in [7, 11) is 0. The van der Waals surface area contributed by atoms with E-state index in [2.05, 4.69) is 45.2 Å². The van der Waals surface area contributed by atoms with Gasteiger partial charge in [0.25, 0.3) is 0 Å². The van der Waals surface area contributed by atoms with Crippen molar-refractivity contribution in [1.29, 1.82) is 0 Å². The molecule has 5 nitrogen and oxygen atoms in total. The number of piperazine rings is 1. The lowest BCUT2D eigenvalue weighted by atomic mass is 9.85. The highest BCUT2D eigenvalue weighted by molar-refractivity contribution is 9.10. The number of rotatable bonds is 2. The van der Waals surface area contributed by atoms with E-state index in [4.69, 9.17) is 0 Å². The first-order valence-corrected chi connectivity index (χ1v) is 12.4. The maximum absolute atomic E-state index is 13.8. The van der Waals surface area contributed by atoms with Gasteiger partial charge in [0.2, 0.25) is 11.8 Å². The number of hydrogen-bond donors (Lipinski definition) is 1. The molecule has 2 unspecified atom stereocenters. The molecule has 1 saturated carbocycles. The maximum Gasteiger partial charge on any atom is 0.246 e. The Morgan fingerprint density at radius 2 is 1.69 bits per heavy atom. The number of hydrogen-bond acceptors (Lipinski definition) is 2. The molecule has 1 aliphatic carbocycles. The lowest BCUT2D eigenvalue weighted by molar-refractivity contribution is -0.161. The van der Waals surface area contributed by atoms with Gasteiger partial charge in [0.05, 0.1) is 6.04 Å². The molecule has 3 aromatic rings. The van der Waals surface area contributed by atoms with Gasteiger partial charge >= 0.3 is 0 Å². The highest BCUT2D eigenvalue weighted by Gasteiger charge is 2.49. The summed E-state index contributed by atoms with van der Waals surface area (Å²) in [4.78, 5) is 34.8. The Morgan fingerprint density at radius 3 is 2.47 bits per heavy atom. The fraction of sp³-hybridized carbons (Fsp3) is 0.385. The number of halogens is 1. The molecule has 2 atom stereocenters. The minimum Gasteiger partial charge on any atom is -0.356 e. The van der Waals surface area contributed by atoms with Gasteiger partial charge in [-0.15, -0.1) is 0 Å². The van der Waals surface area contributed by atoms with Crippen LogP contribution in [0.3, 0.4) is 0 Å². The quantitative estimate of drug-likeness (QED) is 0.551. The molecule has 2 aliphatic heterocycles. The SMILES string of the molecule is O=C1C2Cc3c([nH]c4ccccc34)C(c3ccc(Br)cc3)N2C(=O)CN1C1CCCCC1. The molecule has 0 spiro atoms. The van der Waals surface area contributed by atoms with Gasteiger partial charge in [-0.3, -0.25) is 9.59 Å². The van der Waals surface area contributed by atoms with E-state index in [9.17, 15) is 9.59 Å². The van der Waals surface area contributed by atoms with Crippen LogP contribution < -0.4 is 0 Å². The maximum atomic E-state index is 13.8. The number of carbonyl (C=O) groups is 2. The van der Waals surface area contributed by atoms with E-state index < -0.39 is 6.04 Å². The number of H-pyrrole nitrogens is 1. The molecule has 2 amide bonds. The summed E-state index contributed by atoms with van der Waals surface area (Å²) >= 11 is 3.52. The first-order chi connectivity index (χ1) is 15.6. The lowest BCUT2D eigenvalue weighted by Crippen LogP contribution is -2.64. The second kappa shape index (κ2) is 7.77. The Kier molecular flexibility index (Phi) is 4.86. The van der Waals surface area contributed by atoms with Crippen LogP contribution in [0.5, 0.6) is 0 Å². The van der Waals surface area contributed by atoms with Gasteiger partial charge in [0.1, 0.15) is 12.6 Å². The minimum atomic E-state index is -0.446. The zero-order chi connectivity index (χ0) is 21.8. The fourth-order valence-electron chi connectivity index (χ4n) is 5.98. The van der Waals surface area contributed by atoms with E-state index in [1.54, 1.807) is 0 Å². The van der Waals surface area contributed by atoms with Gasteiger partial charge in [0.15, 0.2) is 0 Å². The standard InChI is InChI=1S/C26H26BrN3O2/c27-17-12-10-16(11-13-17)25-24-20(19-8-4-5-9-21(19)28-24)14-22-26(32)29(15-23(31)30(22)25)18-6-2-1-3-7-18/h4-5,8-13,18,22,25,28H,1-3,6-7,14-15H2. The molecular formula is C26H26BrN3O2. The smallest absolute Gasteiger partial charge is 0.246 e. The van der Waals surface area contributed by atoms with Crippen molar-refractivity contribution in [3.63, 3.8) is 0 Å². The second-order valence-electron chi connectivity index (χ2n) is 9.30. The Bertz CT molecular complexity index is 1200. The number of para-hydroxylation sites is 1. The van der Waals surface area contributed by atoms with Crippen LogP contribution in [0.4, 0.5) is 0 Å². The Morgan fingerprint density at radius 1 is 0.938 bits per heavy atom. The van der Waals surface area contributed by atoms with Crippen LogP contribution in [0.2, 0.25) is 0 Å². The lowest BCUT2D eigenvalue weighted by Gasteiger charge is -2.49. The van der Waals surface area contributed by atoms with Crippen LogP contribution in [0.15, 0.2) is 53.0 Å². The number of amides is 2. The Labute approximate surface area is 195 Å². The third-order valence-corrected chi connectivity index (χ3v) is 8.02. The largest absolute Gasteiger partial charge is 0.356 e. The van der Waals surface area contributed by atoms with E-state index in [0.717, 1.165) is 52.3 Å². The molecule has 3 heterocycles. The number of nitrogens with zero attached hydrogens (tertiary/aromatic N) is 2. The number of benzene rings is 2. The average Bonchev–Trinajstić information content (AvgIpc) is 3.20. The van der Waals surface area contributed by atoms with Crippen molar-refractivity contribution >= 4 is 38.6 Å². The Balaban J connectivity index is 1.48. The predicted octanol–water partition coefficient (Wildman–Crippen LogP) is 4.95. The van der Waals surface area contributed by atoms with Crippen LogP contribution in [0.25, 0.3) is 10.9 Å². The van der Waals surface area contributed by atoms with Crippen LogP contribution in [0, 0.1) is 0 Å². The van der Waals surface area contributed by atoms with Crippen molar-refractivity contribution in [2.45, 2.75) is 56.7 Å². The second-order valence-corrected chi connectivity index (χ2v) is 10.2. The number of fused-ring (bicyclic) bond motifs is 4. The van der Waals surface area contributed by atoms with E-state index in [0.29, 0.717) is 6.42 Å². The number of carbonyl (C=O) groups excluding carboxylic acids is 2. The molecule has 3 aliphatic rings. The molecule has 6 rings (SSSR count). The van der Waals surface area contributed by atoms with Crippen molar-refractivity contribution in [3.8, 4) is 0 Å². The molecule has 0 radical (unpaired) electrons. The fourth-order valence-corrected chi connectivity index (χ4v) is 6.24. The number of nitrogens with one attached hydrogen (secondary N) is 1. The summed E-state index contributed by atoms with van der Waals surface area (Å²) < 4.78 is 0.995. The van der Waals surface area contributed by atoms with Crippen LogP contribution in [-0.4, -0.2) is 45.2 Å². The van der Waals surface area contributed by atoms with Crippen LogP contribution >= 0.6 is 15.9 Å². The molecule has 0 bridgehead atoms. The van der Waals surface area contributed by atoms with Crippen LogP contribution in [0.1, 0.15) is 55.0 Å². The van der Waals surface area contributed by atoms with Crippen molar-refractivity contribution < 1.29 is 9.59 Å². The van der Waals surface area contributed by atoms with Gasteiger partial charge in [0, 0.05) is 33.5 Å². The topological polar surface area (TPSA) is 56.4 Å². The minimum absolute atomic E-state index is 0.0531. The predicted molar refractivity (Wildman–Crippen MR) is 127 cm³/mol. The summed E-state index contributed by atoms with van der Waals surface area (Å²) in [5.74, 6) is 0.173. The Hall–Kier alpha value is -2.60. The van der Waals surface area contributed by atoms with Gasteiger partial charge in [-0.05, 0) is 42.2 Å². The molecule has 32 heavy (non-hydrogen) atoms. The monoisotopic (exact) mass is 491 g/mol. The molecule has 2 aromatic carbocycles. The highest BCUT2D eigenvalue weighted by atomic mass is 79.9. The molecule has 1 N–H and O–H groups in total. The van der Waals surface area contributed by atoms with Crippen molar-refractivity contribution in [1.82, 2.24) is 14.8 Å². The zero-order valence-corrected chi connectivity index (χ0v) is 19.5. The summed E-state index contributed by atoms with van der Waals surface area (Å²) in [5, 5.41) is 1.15. The van der Waals surface area contributed by atoms with Gasteiger partial charge in [-0.1, -0.05) is 65.5 Å². The van der Waals surface area contributed by atoms with Crippen molar-refractivity contribution in [3.05, 3.63) is 69.8 Å². The van der Waals surface area contributed by atoms with Gasteiger partial charge < -0.3 is 14.8 Å². The highest BCUT2D eigenvalue weighted by Crippen LogP contribution is 2.43. The first-order valence-electron chi connectivity index (χ1n) is 11.6. The molecule has 1 aromatic heterocycles. The number of aromatic amines is 1. The van der Waals surface area contributed by atoms with E-state index in [1.807, 2.05) is 34.1 Å². The zero-order valence-electron chi connectivity index (χ0n) is 17.9. The van der Waals surface area contributed by atoms with Crippen molar-refractivity contribution in [2.75, 3.05) is 6.54 Å². The van der Waals surface area contributed by atoms with E-state index in [1.165, 1.54) is 12.0 Å². The van der Waals surface area contributed by atoms with Crippen LogP contribution in [-0.2, 0) is 16.0 Å². The summed E-state index contributed by atoms with van der Waals surface area (Å²) in [6.07, 6.45) is 6.11. The molecule has 6 heteroatoms. The van der Waals surface area contributed by atoms with E-state index in [-0.39, 0.29) is 30.4 Å². The normalized spacial score (nSPS) is 24.0. The molecule has 1 saturated heterocycles. The molecule has 164 valence electrons.